The molecule has 0 N–H and O–H groups in total. The average Bonchev–Trinajstić information content (AvgIpc) is 3.36. The van der Waals surface area contributed by atoms with E-state index in [1.807, 2.05) is 91.3 Å². The van der Waals surface area contributed by atoms with Gasteiger partial charge in [-0.15, -0.1) is 0 Å². The predicted octanol–water partition coefficient (Wildman–Crippen LogP) is 5.73. The van der Waals surface area contributed by atoms with E-state index < -0.39 is 16.9 Å². The van der Waals surface area contributed by atoms with E-state index in [0.29, 0.717) is 11.5 Å². The molecule has 174 valence electrons. The summed E-state index contributed by atoms with van der Waals surface area (Å²) in [7, 11) is 0. The summed E-state index contributed by atoms with van der Waals surface area (Å²) < 4.78 is 18.6. The Hall–Kier alpha value is -3.33. The molecule has 0 atom stereocenters. The van der Waals surface area contributed by atoms with Crippen molar-refractivity contribution >= 4 is 56.1 Å². The minimum absolute atomic E-state index is 0.0976. The second-order valence-corrected chi connectivity index (χ2v) is 12.5. The number of carbonyl (C=O) groups excluding carboxylic acids is 1. The first kappa shape index (κ1) is 23.4. The van der Waals surface area contributed by atoms with Gasteiger partial charge in [-0.25, -0.2) is 0 Å². The zero-order chi connectivity index (χ0) is 24.2. The predicted molar refractivity (Wildman–Crippen MR) is 139 cm³/mol. The molecule has 0 bridgehead atoms. The number of hydrogen-bond donors (Lipinski definition) is 0. The topological polar surface area (TPSA) is 70.5 Å². The molecule has 0 spiro atoms. The van der Waals surface area contributed by atoms with Crippen LogP contribution in [0.15, 0.2) is 77.5 Å². The van der Waals surface area contributed by atoms with E-state index in [-0.39, 0.29) is 17.6 Å². The molecule has 0 aliphatic heterocycles. The van der Waals surface area contributed by atoms with E-state index in [1.165, 1.54) is 0 Å². The third kappa shape index (κ3) is 5.67. The van der Waals surface area contributed by atoms with Crippen LogP contribution in [0.1, 0.15) is 17.0 Å². The quantitative estimate of drug-likeness (QED) is 0.185. The molecule has 8 heteroatoms. The number of para-hydroxylation sites is 2. The van der Waals surface area contributed by atoms with Gasteiger partial charge in [0.15, 0.2) is 0 Å². The summed E-state index contributed by atoms with van der Waals surface area (Å²) in [5.41, 5.74) is 4.27. The molecule has 5 aromatic rings. The van der Waals surface area contributed by atoms with Gasteiger partial charge >= 0.3 is 214 Å². The van der Waals surface area contributed by atoms with E-state index in [0.717, 1.165) is 38.8 Å². The summed E-state index contributed by atoms with van der Waals surface area (Å²) in [5.74, 6) is 0.967. The number of ether oxygens (including phenoxy) is 1. The Morgan fingerprint density at radius 1 is 0.829 bits per heavy atom. The molecular formula is C27H23GaN2O4S. The number of aryl methyl sites for hydroxylation is 2. The number of carbonyl (C=O) groups is 1. The van der Waals surface area contributed by atoms with Gasteiger partial charge in [-0.3, -0.25) is 0 Å². The molecule has 0 saturated heterocycles. The van der Waals surface area contributed by atoms with Gasteiger partial charge in [0.05, 0.1) is 0 Å². The van der Waals surface area contributed by atoms with Crippen LogP contribution in [0.5, 0.6) is 11.5 Å². The van der Waals surface area contributed by atoms with Crippen molar-refractivity contribution in [1.82, 2.24) is 9.97 Å². The molecule has 0 amide bonds. The van der Waals surface area contributed by atoms with Gasteiger partial charge in [-0.1, -0.05) is 0 Å². The SMILES string of the molecule is Cc1ccc2cccc([O][Ga]([CH2]OC(=O)Cc3ccsc3)[O]c3cccc4ccc(C)nc34)c2n1. The molecule has 2 aromatic carbocycles. The van der Waals surface area contributed by atoms with Crippen molar-refractivity contribution < 1.29 is 16.6 Å². The Kier molecular flexibility index (Phi) is 7.03. The number of benzene rings is 2. The molecule has 6 nitrogen and oxygen atoms in total. The van der Waals surface area contributed by atoms with Crippen LogP contribution in [0.25, 0.3) is 21.8 Å². The molecule has 0 aliphatic rings. The number of nitrogens with zero attached hydrogens (tertiary/aromatic N) is 2. The van der Waals surface area contributed by atoms with Crippen LogP contribution in [0.4, 0.5) is 0 Å². The van der Waals surface area contributed by atoms with E-state index in [2.05, 4.69) is 9.97 Å². The number of aromatic nitrogens is 2. The Balaban J connectivity index is 1.43. The summed E-state index contributed by atoms with van der Waals surface area (Å²) >= 11 is -1.64. The molecule has 3 aromatic heterocycles. The minimum atomic E-state index is -3.20. The molecule has 35 heavy (non-hydrogen) atoms. The molecule has 5 rings (SSSR count). The number of thiophene rings is 1. The van der Waals surface area contributed by atoms with Crippen molar-refractivity contribution in [2.45, 2.75) is 20.3 Å². The van der Waals surface area contributed by atoms with Crippen molar-refractivity contribution in [3.63, 3.8) is 0 Å². The van der Waals surface area contributed by atoms with Crippen LogP contribution >= 0.6 is 11.3 Å². The first-order valence-electron chi connectivity index (χ1n) is 11.3. The van der Waals surface area contributed by atoms with Gasteiger partial charge in [0.1, 0.15) is 0 Å². The number of rotatable bonds is 8. The van der Waals surface area contributed by atoms with Crippen molar-refractivity contribution in [2.24, 2.45) is 0 Å². The Labute approximate surface area is 213 Å². The fourth-order valence-electron chi connectivity index (χ4n) is 3.77. The zero-order valence-electron chi connectivity index (χ0n) is 19.4. The second-order valence-electron chi connectivity index (χ2n) is 8.22. The third-order valence-electron chi connectivity index (χ3n) is 5.47. The Morgan fingerprint density at radius 2 is 1.43 bits per heavy atom. The fourth-order valence-corrected chi connectivity index (χ4v) is 7.49. The molecule has 0 unspecified atom stereocenters. The van der Waals surface area contributed by atoms with Gasteiger partial charge in [-0.05, 0) is 0 Å². The standard InChI is InChI=1S/2C10H9NO.C7H7O2S.Ga/c2*1-7-5-6-8-3-2-4-9(12)10(8)11-7;1-9-7(8)4-6-2-3-10-5-6;/h2*2-6,12H,1H3;2-3,5H,1,4H2;/q;;;+2/p-2. The molecule has 0 fully saturated rings. The Morgan fingerprint density at radius 3 is 1.97 bits per heavy atom. The van der Waals surface area contributed by atoms with E-state index in [4.69, 9.17) is 11.8 Å². The summed E-state index contributed by atoms with van der Waals surface area (Å²) in [6.45, 7) is 3.89. The number of pyridine rings is 2. The number of hydrogen-bond acceptors (Lipinski definition) is 7. The summed E-state index contributed by atoms with van der Waals surface area (Å²) in [5, 5.41) is 5.94. The number of fused-ring (bicyclic) bond motifs is 2. The summed E-state index contributed by atoms with van der Waals surface area (Å²) in [6.07, 6.45) is 0.225. The second kappa shape index (κ2) is 10.5. The monoisotopic (exact) mass is 540 g/mol. The van der Waals surface area contributed by atoms with Crippen molar-refractivity contribution in [1.29, 1.82) is 0 Å². The van der Waals surface area contributed by atoms with Crippen molar-refractivity contribution in [3.05, 3.63) is 94.4 Å². The number of esters is 1. The van der Waals surface area contributed by atoms with Crippen LogP contribution in [-0.2, 0) is 16.0 Å². The summed E-state index contributed by atoms with van der Waals surface area (Å²) in [4.78, 5) is 21.9. The average molecular weight is 541 g/mol. The van der Waals surface area contributed by atoms with Crippen LogP contribution in [0, 0.1) is 13.8 Å². The molecular weight excluding hydrogens is 518 g/mol. The van der Waals surface area contributed by atoms with E-state index in [9.17, 15) is 4.79 Å². The first-order chi connectivity index (χ1) is 17.0. The van der Waals surface area contributed by atoms with Gasteiger partial charge in [0.2, 0.25) is 0 Å². The molecule has 0 radical (unpaired) electrons. The van der Waals surface area contributed by atoms with Crippen LogP contribution in [0.2, 0.25) is 0 Å². The first-order valence-corrected chi connectivity index (χ1v) is 15.9. The summed E-state index contributed by atoms with van der Waals surface area (Å²) in [6, 6.07) is 21.5. The Bertz CT molecular complexity index is 1400. The van der Waals surface area contributed by atoms with Crippen LogP contribution in [-0.4, -0.2) is 38.0 Å². The van der Waals surface area contributed by atoms with Gasteiger partial charge < -0.3 is 0 Å². The van der Waals surface area contributed by atoms with Gasteiger partial charge in [0, 0.05) is 0 Å². The van der Waals surface area contributed by atoms with Crippen molar-refractivity contribution in [2.75, 3.05) is 5.16 Å². The molecule has 0 saturated carbocycles. The van der Waals surface area contributed by atoms with E-state index in [1.54, 1.807) is 11.3 Å². The van der Waals surface area contributed by atoms with Gasteiger partial charge in [0.25, 0.3) is 0 Å². The van der Waals surface area contributed by atoms with Gasteiger partial charge in [-0.2, -0.15) is 0 Å². The fraction of sp³-hybridized carbons (Fsp3) is 0.148. The van der Waals surface area contributed by atoms with Crippen LogP contribution < -0.4 is 7.06 Å². The maximum atomic E-state index is 12.5. The van der Waals surface area contributed by atoms with Crippen molar-refractivity contribution in [3.8, 4) is 11.5 Å². The molecule has 3 heterocycles. The molecule has 0 aliphatic carbocycles. The normalized spacial score (nSPS) is 10.9. The third-order valence-corrected chi connectivity index (χ3v) is 9.29. The van der Waals surface area contributed by atoms with Crippen LogP contribution in [0.3, 0.4) is 0 Å². The maximum absolute atomic E-state index is 12.5. The zero-order valence-corrected chi connectivity index (χ0v) is 22.7. The van der Waals surface area contributed by atoms with E-state index >= 15 is 0 Å².